The maximum atomic E-state index is 11.8. The van der Waals surface area contributed by atoms with E-state index in [1.165, 1.54) is 7.11 Å². The van der Waals surface area contributed by atoms with Crippen molar-refractivity contribution in [2.24, 2.45) is 5.92 Å². The largest absolute Gasteiger partial charge is 0.469 e. The second kappa shape index (κ2) is 8.56. The monoisotopic (exact) mass is 305 g/mol. The van der Waals surface area contributed by atoms with Crippen molar-refractivity contribution in [3.8, 4) is 0 Å². The van der Waals surface area contributed by atoms with Gasteiger partial charge in [-0.2, -0.15) is 0 Å². The van der Waals surface area contributed by atoms with Crippen LogP contribution in [-0.4, -0.2) is 19.6 Å². The summed E-state index contributed by atoms with van der Waals surface area (Å²) >= 11 is 1.64. The third-order valence-electron chi connectivity index (χ3n) is 3.08. The van der Waals surface area contributed by atoms with Crippen molar-refractivity contribution in [1.29, 1.82) is 0 Å². The molecule has 0 saturated carbocycles. The van der Waals surface area contributed by atoms with E-state index in [1.54, 1.807) is 11.3 Å². The Balaban J connectivity index is 1.78. The number of carbonyl (C=O) groups excluding carboxylic acids is 1. The van der Waals surface area contributed by atoms with E-state index in [0.29, 0.717) is 19.6 Å². The average molecular weight is 305 g/mol. The molecule has 4 nitrogen and oxygen atoms in total. The quantitative estimate of drug-likeness (QED) is 0.463. The van der Waals surface area contributed by atoms with Crippen LogP contribution in [-0.2, 0) is 27.4 Å². The summed E-state index contributed by atoms with van der Waals surface area (Å²) in [6, 6.07) is 13.9. The minimum Gasteiger partial charge on any atom is -0.469 e. The number of rotatable bonds is 8. The predicted octanol–water partition coefficient (Wildman–Crippen LogP) is 2.80. The fourth-order valence-electron chi connectivity index (χ4n) is 1.95. The van der Waals surface area contributed by atoms with Gasteiger partial charge in [-0.15, -0.1) is 11.3 Å². The van der Waals surface area contributed by atoms with E-state index < -0.39 is 0 Å². The van der Waals surface area contributed by atoms with Gasteiger partial charge in [0.1, 0.15) is 0 Å². The first-order valence-electron chi connectivity index (χ1n) is 6.78. The van der Waals surface area contributed by atoms with Crippen LogP contribution in [0.2, 0.25) is 0 Å². The number of hydrogen-bond donors (Lipinski definition) is 1. The van der Waals surface area contributed by atoms with Crippen LogP contribution in [0.4, 0.5) is 0 Å². The van der Waals surface area contributed by atoms with Crippen molar-refractivity contribution in [3.05, 3.63) is 58.3 Å². The zero-order chi connectivity index (χ0) is 14.9. The van der Waals surface area contributed by atoms with Crippen LogP contribution < -0.4 is 5.48 Å². The summed E-state index contributed by atoms with van der Waals surface area (Å²) in [6.07, 6.45) is 0.659. The fourth-order valence-corrected chi connectivity index (χ4v) is 2.73. The number of benzene rings is 1. The van der Waals surface area contributed by atoms with Gasteiger partial charge < -0.3 is 4.74 Å². The molecule has 1 atom stereocenters. The van der Waals surface area contributed by atoms with Crippen LogP contribution in [0.25, 0.3) is 0 Å². The minimum atomic E-state index is -0.246. The second-order valence-corrected chi connectivity index (χ2v) is 5.66. The highest BCUT2D eigenvalue weighted by atomic mass is 32.1. The van der Waals surface area contributed by atoms with Crippen LogP contribution in [0.15, 0.2) is 47.8 Å². The molecule has 0 saturated heterocycles. The van der Waals surface area contributed by atoms with E-state index >= 15 is 0 Å². The lowest BCUT2D eigenvalue weighted by molar-refractivity contribution is -0.146. The molecule has 5 heteroatoms. The van der Waals surface area contributed by atoms with E-state index in [9.17, 15) is 4.79 Å². The lowest BCUT2D eigenvalue weighted by Gasteiger charge is -2.14. The molecule has 0 fully saturated rings. The van der Waals surface area contributed by atoms with E-state index in [4.69, 9.17) is 9.57 Å². The van der Waals surface area contributed by atoms with Gasteiger partial charge in [0.25, 0.3) is 0 Å². The molecule has 1 aromatic heterocycles. The van der Waals surface area contributed by atoms with Gasteiger partial charge in [-0.05, 0) is 23.4 Å². The molecular formula is C16H19NO3S. The smallest absolute Gasteiger partial charge is 0.310 e. The number of hydrogen-bond acceptors (Lipinski definition) is 5. The average Bonchev–Trinajstić information content (AvgIpc) is 3.03. The molecule has 0 unspecified atom stereocenters. The van der Waals surface area contributed by atoms with Gasteiger partial charge in [-0.25, -0.2) is 5.48 Å². The molecule has 0 aliphatic heterocycles. The molecule has 1 heterocycles. The third kappa shape index (κ3) is 5.30. The third-order valence-corrected chi connectivity index (χ3v) is 3.97. The van der Waals surface area contributed by atoms with Crippen molar-refractivity contribution in [2.45, 2.75) is 13.0 Å². The lowest BCUT2D eigenvalue weighted by atomic mass is 10.1. The number of esters is 1. The molecule has 2 aromatic rings. The zero-order valence-electron chi connectivity index (χ0n) is 12.0. The molecule has 2 rings (SSSR count). The maximum Gasteiger partial charge on any atom is 0.310 e. The minimum absolute atomic E-state index is 0.223. The molecule has 1 N–H and O–H groups in total. The van der Waals surface area contributed by atoms with Crippen LogP contribution in [0, 0.1) is 5.92 Å². The molecule has 21 heavy (non-hydrogen) atoms. The van der Waals surface area contributed by atoms with E-state index in [-0.39, 0.29) is 11.9 Å². The van der Waals surface area contributed by atoms with Crippen molar-refractivity contribution in [1.82, 2.24) is 5.48 Å². The molecular weight excluding hydrogens is 286 g/mol. The zero-order valence-corrected chi connectivity index (χ0v) is 12.8. The Morgan fingerprint density at radius 3 is 2.71 bits per heavy atom. The Hall–Kier alpha value is -1.69. The Labute approximate surface area is 128 Å². The van der Waals surface area contributed by atoms with Crippen molar-refractivity contribution in [3.63, 3.8) is 0 Å². The number of hydroxylamine groups is 1. The van der Waals surface area contributed by atoms with Crippen LogP contribution >= 0.6 is 11.3 Å². The first kappa shape index (κ1) is 15.7. The molecule has 112 valence electrons. The summed E-state index contributed by atoms with van der Waals surface area (Å²) in [4.78, 5) is 18.4. The highest BCUT2D eigenvalue weighted by Crippen LogP contribution is 2.15. The normalized spacial score (nSPS) is 12.0. The fraction of sp³-hybridized carbons (Fsp3) is 0.312. The molecule has 1 aromatic carbocycles. The molecule has 0 amide bonds. The van der Waals surface area contributed by atoms with E-state index in [1.807, 2.05) is 47.8 Å². The standard InChI is InChI=1S/C16H19NO3S/c1-19-16(18)14(10-15-8-5-9-21-15)11-17-20-12-13-6-3-2-4-7-13/h2-9,14,17H,10-12H2,1H3/t14-/m1/s1. The second-order valence-electron chi connectivity index (χ2n) is 4.63. The highest BCUT2D eigenvalue weighted by molar-refractivity contribution is 7.09. The van der Waals surface area contributed by atoms with Gasteiger partial charge in [0, 0.05) is 11.4 Å². The lowest BCUT2D eigenvalue weighted by Crippen LogP contribution is -2.31. The summed E-state index contributed by atoms with van der Waals surface area (Å²) in [7, 11) is 1.41. The number of carbonyl (C=O) groups is 1. The van der Waals surface area contributed by atoms with Gasteiger partial charge in [-0.1, -0.05) is 36.4 Å². The first-order chi connectivity index (χ1) is 10.3. The van der Waals surface area contributed by atoms with Crippen molar-refractivity contribution >= 4 is 17.3 Å². The molecule has 0 radical (unpaired) electrons. The van der Waals surface area contributed by atoms with Crippen molar-refractivity contribution in [2.75, 3.05) is 13.7 Å². The van der Waals surface area contributed by atoms with Crippen LogP contribution in [0.1, 0.15) is 10.4 Å². The Kier molecular flexibility index (Phi) is 6.40. The summed E-state index contributed by atoms with van der Waals surface area (Å²) in [6.45, 7) is 0.894. The summed E-state index contributed by atoms with van der Waals surface area (Å²) in [5.41, 5.74) is 3.95. The van der Waals surface area contributed by atoms with Gasteiger partial charge in [0.15, 0.2) is 0 Å². The van der Waals surface area contributed by atoms with E-state index in [2.05, 4.69) is 5.48 Å². The summed E-state index contributed by atoms with van der Waals surface area (Å²) < 4.78 is 4.85. The maximum absolute atomic E-state index is 11.8. The van der Waals surface area contributed by atoms with E-state index in [0.717, 1.165) is 10.4 Å². The Bertz CT molecular complexity index is 528. The SMILES string of the molecule is COC(=O)[C@@H](CNOCc1ccccc1)Cc1cccs1. The van der Waals surface area contributed by atoms with Crippen molar-refractivity contribution < 1.29 is 14.4 Å². The molecule has 0 aliphatic carbocycles. The number of methoxy groups -OCH3 is 1. The molecule has 0 aliphatic rings. The van der Waals surface area contributed by atoms with Gasteiger partial charge in [0.05, 0.1) is 19.6 Å². The Morgan fingerprint density at radius 1 is 1.24 bits per heavy atom. The number of nitrogens with one attached hydrogen (secondary N) is 1. The Morgan fingerprint density at radius 2 is 2.05 bits per heavy atom. The number of thiophene rings is 1. The van der Waals surface area contributed by atoms with Crippen LogP contribution in [0.5, 0.6) is 0 Å². The number of ether oxygens (including phenoxy) is 1. The highest BCUT2D eigenvalue weighted by Gasteiger charge is 2.20. The molecule has 0 spiro atoms. The van der Waals surface area contributed by atoms with Gasteiger partial charge >= 0.3 is 5.97 Å². The van der Waals surface area contributed by atoms with Crippen LogP contribution in [0.3, 0.4) is 0 Å². The summed E-state index contributed by atoms with van der Waals surface area (Å²) in [5.74, 6) is -0.469. The van der Waals surface area contributed by atoms with Gasteiger partial charge in [0.2, 0.25) is 0 Å². The first-order valence-corrected chi connectivity index (χ1v) is 7.66. The molecule has 0 bridgehead atoms. The summed E-state index contributed by atoms with van der Waals surface area (Å²) in [5, 5.41) is 2.00. The van der Waals surface area contributed by atoms with Gasteiger partial charge in [-0.3, -0.25) is 9.63 Å². The predicted molar refractivity (Wildman–Crippen MR) is 82.8 cm³/mol. The topological polar surface area (TPSA) is 47.6 Å².